The van der Waals surface area contributed by atoms with Crippen LogP contribution in [0.15, 0.2) is 18.5 Å². The molecule has 0 aliphatic rings. The molecule has 0 bridgehead atoms. The van der Waals surface area contributed by atoms with Crippen molar-refractivity contribution in [3.05, 3.63) is 18.5 Å². The third kappa shape index (κ3) is 4.79. The van der Waals surface area contributed by atoms with E-state index in [4.69, 9.17) is 4.74 Å². The summed E-state index contributed by atoms with van der Waals surface area (Å²) in [6.07, 6.45) is 3.95. The fourth-order valence-electron chi connectivity index (χ4n) is 2.01. The van der Waals surface area contributed by atoms with Gasteiger partial charge in [-0.05, 0) is 0 Å². The van der Waals surface area contributed by atoms with Crippen LogP contribution in [0.25, 0.3) is 11.0 Å². The van der Waals surface area contributed by atoms with Gasteiger partial charge in [0.2, 0.25) is 0 Å². The number of ether oxygens (including phenoxy) is 1. The number of hydrogen-bond donors (Lipinski definition) is 0. The first-order chi connectivity index (χ1) is 9.67. The van der Waals surface area contributed by atoms with Gasteiger partial charge in [0.05, 0.1) is 0 Å². The van der Waals surface area contributed by atoms with Crippen LogP contribution < -0.4 is 3.58 Å². The second kappa shape index (κ2) is 6.38. The van der Waals surface area contributed by atoms with E-state index in [1.165, 1.54) is 9.62 Å². The second-order valence-electron chi connectivity index (χ2n) is 7.88. The van der Waals surface area contributed by atoms with E-state index in [1.807, 2.05) is 17.1 Å². The van der Waals surface area contributed by atoms with E-state index in [9.17, 15) is 0 Å². The first-order valence-corrected chi connectivity index (χ1v) is 21.3. The summed E-state index contributed by atoms with van der Waals surface area (Å²) in [5.41, 5.74) is 0.933. The Bertz CT molecular complexity index is 613. The van der Waals surface area contributed by atoms with Crippen LogP contribution in [0, 0.1) is 0 Å². The van der Waals surface area contributed by atoms with Gasteiger partial charge in [-0.15, -0.1) is 0 Å². The van der Waals surface area contributed by atoms with Crippen molar-refractivity contribution in [2.75, 3.05) is 6.61 Å². The van der Waals surface area contributed by atoms with E-state index in [0.717, 1.165) is 17.6 Å². The van der Waals surface area contributed by atoms with Gasteiger partial charge in [-0.3, -0.25) is 0 Å². The number of rotatable bonds is 6. The molecule has 2 rings (SSSR count). The molecule has 0 aliphatic carbocycles. The topological polar surface area (TPSA) is 39.9 Å². The van der Waals surface area contributed by atoms with E-state index in [2.05, 4.69) is 50.6 Å². The van der Waals surface area contributed by atoms with E-state index < -0.39 is 26.5 Å². The Balaban J connectivity index is 2.05. The molecule has 0 spiro atoms. The van der Waals surface area contributed by atoms with Crippen molar-refractivity contribution in [2.24, 2.45) is 0 Å². The fraction of sp³-hybridized carbons (Fsp3) is 0.600. The summed E-state index contributed by atoms with van der Waals surface area (Å²) in [5, 5.41) is 5.55. The summed E-state index contributed by atoms with van der Waals surface area (Å²) < 4.78 is 9.07. The number of pyridine rings is 1. The molecule has 21 heavy (non-hydrogen) atoms. The molecule has 0 saturated carbocycles. The van der Waals surface area contributed by atoms with Gasteiger partial charge in [0, 0.05) is 0 Å². The zero-order valence-corrected chi connectivity index (χ0v) is 18.0. The molecule has 0 aliphatic heterocycles. The molecule has 0 fully saturated rings. The summed E-state index contributed by atoms with van der Waals surface area (Å²) in [6, 6.07) is 3.45. The molecule has 2 heterocycles. The fourth-order valence-corrected chi connectivity index (χ4v) is 5.73. The molecule has 4 nitrogen and oxygen atoms in total. The van der Waals surface area contributed by atoms with E-state index in [0.29, 0.717) is 6.73 Å². The Kier molecular flexibility index (Phi) is 5.15. The van der Waals surface area contributed by atoms with Gasteiger partial charge < -0.3 is 0 Å². The summed E-state index contributed by atoms with van der Waals surface area (Å²) in [5.74, 6) is 0. The molecule has 0 amide bonds. The molecule has 0 radical (unpaired) electrons. The van der Waals surface area contributed by atoms with Gasteiger partial charge in [0.15, 0.2) is 0 Å². The average Bonchev–Trinajstić information content (AvgIpc) is 2.75. The summed E-state index contributed by atoms with van der Waals surface area (Å²) in [7, 11) is -1.02. The molecule has 0 saturated heterocycles. The third-order valence-electron chi connectivity index (χ3n) is 3.55. The molecular formula is C15H27N3OSiSn. The molecular weight excluding hydrogens is 385 g/mol. The van der Waals surface area contributed by atoms with Crippen molar-refractivity contribution in [3.63, 3.8) is 0 Å². The molecule has 0 aromatic carbocycles. The molecule has 0 unspecified atom stereocenters. The van der Waals surface area contributed by atoms with Crippen LogP contribution in [0.5, 0.6) is 0 Å². The third-order valence-corrected chi connectivity index (χ3v) is 11.0. The van der Waals surface area contributed by atoms with Gasteiger partial charge in [-0.25, -0.2) is 0 Å². The standard InChI is InChI=1S/C12H18N3OSi.3CH3.Sn/c1-17(2,3)8-7-16-10-15-12-11(9-14-15)5-4-6-13-12;;;;/h5-6,9H,7-8,10H2,1-3H3;3*1H3;. The van der Waals surface area contributed by atoms with Crippen LogP contribution in [0.3, 0.4) is 0 Å². The first kappa shape index (κ1) is 17.0. The number of fused-ring (bicyclic) bond motifs is 1. The molecule has 2 aromatic heterocycles. The van der Waals surface area contributed by atoms with Gasteiger partial charge >= 0.3 is 133 Å². The van der Waals surface area contributed by atoms with Crippen molar-refractivity contribution in [3.8, 4) is 0 Å². The van der Waals surface area contributed by atoms with Crippen molar-refractivity contribution in [1.82, 2.24) is 14.8 Å². The summed E-state index contributed by atoms with van der Waals surface area (Å²) >= 11 is -2.05. The van der Waals surface area contributed by atoms with E-state index in [1.54, 1.807) is 0 Å². The normalized spacial score (nSPS) is 13.0. The van der Waals surface area contributed by atoms with Gasteiger partial charge in [-0.1, -0.05) is 0 Å². The monoisotopic (exact) mass is 413 g/mol. The van der Waals surface area contributed by atoms with E-state index >= 15 is 0 Å². The molecule has 0 atom stereocenters. The second-order valence-corrected chi connectivity index (χ2v) is 28.0. The zero-order chi connectivity index (χ0) is 15.7. The quantitative estimate of drug-likeness (QED) is 0.540. The predicted molar refractivity (Wildman–Crippen MR) is 94.6 cm³/mol. The molecule has 2 aromatic rings. The Labute approximate surface area is 132 Å². The minimum atomic E-state index is -2.05. The van der Waals surface area contributed by atoms with Crippen LogP contribution in [0.1, 0.15) is 0 Å². The van der Waals surface area contributed by atoms with Gasteiger partial charge in [0.25, 0.3) is 0 Å². The van der Waals surface area contributed by atoms with Crippen LogP contribution >= 0.6 is 0 Å². The number of nitrogens with zero attached hydrogens (tertiary/aromatic N) is 3. The van der Waals surface area contributed by atoms with Crippen LogP contribution in [-0.4, -0.2) is 47.8 Å². The summed E-state index contributed by atoms with van der Waals surface area (Å²) in [4.78, 5) is 11.8. The Hall–Kier alpha value is -0.404. The van der Waals surface area contributed by atoms with Crippen molar-refractivity contribution in [1.29, 1.82) is 0 Å². The Morgan fingerprint density at radius 1 is 1.19 bits per heavy atom. The molecule has 116 valence electrons. The predicted octanol–water partition coefficient (Wildman–Crippen LogP) is 3.29. The van der Waals surface area contributed by atoms with Crippen LogP contribution in [-0.2, 0) is 11.5 Å². The average molecular weight is 412 g/mol. The maximum absolute atomic E-state index is 5.77. The van der Waals surface area contributed by atoms with E-state index in [-0.39, 0.29) is 0 Å². The SMILES string of the molecule is C[Si](C)(C)CCOCn1ncc2c[c]([Sn]([CH3])([CH3])[CH3])cnc21. The van der Waals surface area contributed by atoms with Gasteiger partial charge in [-0.2, -0.15) is 0 Å². The Morgan fingerprint density at radius 3 is 2.52 bits per heavy atom. The molecule has 6 heteroatoms. The minimum absolute atomic E-state index is 0.499. The van der Waals surface area contributed by atoms with Crippen LogP contribution in [0.4, 0.5) is 0 Å². The van der Waals surface area contributed by atoms with Crippen LogP contribution in [0.2, 0.25) is 40.5 Å². The van der Waals surface area contributed by atoms with Crippen molar-refractivity contribution in [2.45, 2.75) is 47.2 Å². The summed E-state index contributed by atoms with van der Waals surface area (Å²) in [6.45, 7) is 8.40. The van der Waals surface area contributed by atoms with Crippen molar-refractivity contribution >= 4 is 41.1 Å². The zero-order valence-electron chi connectivity index (χ0n) is 14.1. The number of hydrogen-bond acceptors (Lipinski definition) is 3. The number of aromatic nitrogens is 3. The van der Waals surface area contributed by atoms with Crippen molar-refractivity contribution < 1.29 is 4.74 Å². The first-order valence-electron chi connectivity index (χ1n) is 7.57. The van der Waals surface area contributed by atoms with Gasteiger partial charge in [0.1, 0.15) is 0 Å². The molecule has 0 N–H and O–H groups in total. The Morgan fingerprint density at radius 2 is 1.90 bits per heavy atom. The maximum atomic E-state index is 5.77.